The van der Waals surface area contributed by atoms with E-state index in [9.17, 15) is 4.79 Å². The van der Waals surface area contributed by atoms with Crippen LogP contribution in [0.15, 0.2) is 34.2 Å². The molecule has 7 nitrogen and oxygen atoms in total. The van der Waals surface area contributed by atoms with Gasteiger partial charge in [0.1, 0.15) is 16.7 Å². The third-order valence-electron chi connectivity index (χ3n) is 4.52. The van der Waals surface area contributed by atoms with Gasteiger partial charge in [0.15, 0.2) is 0 Å². The molecule has 8 heteroatoms. The summed E-state index contributed by atoms with van der Waals surface area (Å²) >= 11 is 1.46. The number of hydrogen-bond donors (Lipinski definition) is 0. The Labute approximate surface area is 154 Å². The molecule has 1 aliphatic rings. The predicted octanol–water partition coefficient (Wildman–Crippen LogP) is 3.49. The molecule has 1 aromatic carbocycles. The number of carbonyl (C=O) groups is 1. The van der Waals surface area contributed by atoms with E-state index in [2.05, 4.69) is 15.2 Å². The first-order valence-electron chi connectivity index (χ1n) is 8.37. The number of aromatic nitrogens is 3. The van der Waals surface area contributed by atoms with Gasteiger partial charge in [-0.05, 0) is 31.9 Å². The van der Waals surface area contributed by atoms with E-state index in [4.69, 9.17) is 9.15 Å². The Kier molecular flexibility index (Phi) is 4.42. The first-order chi connectivity index (χ1) is 12.7. The number of hydrogen-bond acceptors (Lipinski definition) is 7. The van der Waals surface area contributed by atoms with Gasteiger partial charge in [0.05, 0.1) is 23.9 Å². The molecule has 1 aliphatic heterocycles. The fourth-order valence-electron chi connectivity index (χ4n) is 3.21. The van der Waals surface area contributed by atoms with Crippen LogP contribution in [0.3, 0.4) is 0 Å². The van der Waals surface area contributed by atoms with Crippen molar-refractivity contribution in [2.45, 2.75) is 25.8 Å². The Bertz CT molecular complexity index is 936. The summed E-state index contributed by atoms with van der Waals surface area (Å²) in [5.74, 6) is 1.40. The first kappa shape index (κ1) is 16.7. The molecule has 1 unspecified atom stereocenters. The van der Waals surface area contributed by atoms with Crippen molar-refractivity contribution in [3.63, 3.8) is 0 Å². The number of ether oxygens (including phenoxy) is 1. The lowest BCUT2D eigenvalue weighted by Gasteiger charge is -2.22. The van der Waals surface area contributed by atoms with Crippen molar-refractivity contribution in [3.05, 3.63) is 46.9 Å². The van der Waals surface area contributed by atoms with Gasteiger partial charge in [0.25, 0.3) is 11.8 Å². The second-order valence-corrected chi connectivity index (χ2v) is 6.92. The summed E-state index contributed by atoms with van der Waals surface area (Å²) in [5.41, 5.74) is 3.15. The Balaban J connectivity index is 1.62. The lowest BCUT2D eigenvalue weighted by molar-refractivity contribution is 0.0712. The molecule has 26 heavy (non-hydrogen) atoms. The van der Waals surface area contributed by atoms with Crippen LogP contribution in [0.2, 0.25) is 0 Å². The summed E-state index contributed by atoms with van der Waals surface area (Å²) in [6, 6.07) is 7.02. The van der Waals surface area contributed by atoms with Crippen LogP contribution in [-0.4, -0.2) is 39.6 Å². The van der Waals surface area contributed by atoms with Gasteiger partial charge in [-0.1, -0.05) is 12.1 Å². The van der Waals surface area contributed by atoms with Crippen molar-refractivity contribution in [3.8, 4) is 16.5 Å². The van der Waals surface area contributed by atoms with Crippen LogP contribution in [0.25, 0.3) is 10.8 Å². The normalized spacial score (nSPS) is 16.8. The average molecular weight is 370 g/mol. The maximum Gasteiger partial charge on any atom is 0.259 e. The van der Waals surface area contributed by atoms with Crippen LogP contribution in [-0.2, 0) is 0 Å². The highest BCUT2D eigenvalue weighted by atomic mass is 32.1. The Hall–Kier alpha value is -2.74. The fraction of sp³-hybridized carbons (Fsp3) is 0.333. The number of methoxy groups -OCH3 is 1. The van der Waals surface area contributed by atoms with Crippen LogP contribution in [0.4, 0.5) is 0 Å². The smallest absolute Gasteiger partial charge is 0.259 e. The maximum absolute atomic E-state index is 13.0. The average Bonchev–Trinajstić information content (AvgIpc) is 3.40. The molecule has 3 heterocycles. The molecule has 0 saturated carbocycles. The van der Waals surface area contributed by atoms with Crippen molar-refractivity contribution in [2.24, 2.45) is 0 Å². The minimum atomic E-state index is -0.220. The topological polar surface area (TPSA) is 81.4 Å². The van der Waals surface area contributed by atoms with Gasteiger partial charge >= 0.3 is 0 Å². The number of carbonyl (C=O) groups excluding carboxylic acids is 1. The predicted molar refractivity (Wildman–Crippen MR) is 96.1 cm³/mol. The molecule has 4 rings (SSSR count). The molecule has 0 N–H and O–H groups in total. The van der Waals surface area contributed by atoms with Crippen LogP contribution >= 0.6 is 11.3 Å². The van der Waals surface area contributed by atoms with E-state index in [1.165, 1.54) is 11.3 Å². The van der Waals surface area contributed by atoms with E-state index in [-0.39, 0.29) is 11.9 Å². The molecule has 0 bridgehead atoms. The lowest BCUT2D eigenvalue weighted by Crippen LogP contribution is -2.31. The van der Waals surface area contributed by atoms with Crippen molar-refractivity contribution in [1.82, 2.24) is 20.1 Å². The van der Waals surface area contributed by atoms with Crippen LogP contribution in [0, 0.1) is 6.92 Å². The zero-order valence-corrected chi connectivity index (χ0v) is 15.3. The highest BCUT2D eigenvalue weighted by Gasteiger charge is 2.35. The summed E-state index contributed by atoms with van der Waals surface area (Å²) in [4.78, 5) is 19.9. The van der Waals surface area contributed by atoms with E-state index >= 15 is 0 Å². The van der Waals surface area contributed by atoms with E-state index in [0.717, 1.165) is 23.4 Å². The number of amides is 1. The van der Waals surface area contributed by atoms with Crippen LogP contribution < -0.4 is 4.74 Å². The minimum Gasteiger partial charge on any atom is -0.496 e. The van der Waals surface area contributed by atoms with E-state index in [0.29, 0.717) is 29.6 Å². The molecular formula is C18H18N4O3S. The molecule has 0 spiro atoms. The maximum atomic E-state index is 13.0. The van der Waals surface area contributed by atoms with Crippen LogP contribution in [0.5, 0.6) is 5.75 Å². The number of rotatable bonds is 4. The fourth-order valence-corrected chi connectivity index (χ4v) is 3.93. The van der Waals surface area contributed by atoms with Crippen molar-refractivity contribution in [1.29, 1.82) is 0 Å². The van der Waals surface area contributed by atoms with Gasteiger partial charge < -0.3 is 14.1 Å². The highest BCUT2D eigenvalue weighted by molar-refractivity contribution is 7.13. The number of likely N-dealkylation sites (tertiary alicyclic amines) is 1. The standard InChI is InChI=1S/C18H18N4O3S/c1-11-15(26-10-19-11)17-21-20-16(25-17)13-7-5-9-22(13)18(23)12-6-3-4-8-14(12)24-2/h3-4,6,8,10,13H,5,7,9H2,1-2H3. The summed E-state index contributed by atoms with van der Waals surface area (Å²) < 4.78 is 11.2. The quantitative estimate of drug-likeness (QED) is 0.699. The SMILES string of the molecule is COc1ccccc1C(=O)N1CCCC1c1nnc(-c2scnc2C)o1. The third kappa shape index (κ3) is 2.86. The molecule has 134 valence electrons. The Morgan fingerprint density at radius 1 is 1.35 bits per heavy atom. The van der Waals surface area contributed by atoms with E-state index < -0.39 is 0 Å². The summed E-state index contributed by atoms with van der Waals surface area (Å²) in [6.07, 6.45) is 1.69. The molecule has 1 fully saturated rings. The highest BCUT2D eigenvalue weighted by Crippen LogP contribution is 2.35. The first-order valence-corrected chi connectivity index (χ1v) is 9.25. The van der Waals surface area contributed by atoms with Crippen molar-refractivity contribution < 1.29 is 13.9 Å². The Morgan fingerprint density at radius 2 is 2.19 bits per heavy atom. The largest absolute Gasteiger partial charge is 0.496 e. The third-order valence-corrected chi connectivity index (χ3v) is 5.43. The molecule has 0 radical (unpaired) electrons. The number of nitrogens with zero attached hydrogens (tertiary/aromatic N) is 4. The second-order valence-electron chi connectivity index (χ2n) is 6.07. The van der Waals surface area contributed by atoms with Crippen molar-refractivity contribution in [2.75, 3.05) is 13.7 Å². The molecule has 1 amide bonds. The van der Waals surface area contributed by atoms with E-state index in [1.54, 1.807) is 29.7 Å². The number of aryl methyl sites for hydroxylation is 1. The zero-order chi connectivity index (χ0) is 18.1. The molecular weight excluding hydrogens is 352 g/mol. The van der Waals surface area contributed by atoms with Gasteiger partial charge in [-0.2, -0.15) is 0 Å². The molecule has 1 saturated heterocycles. The summed E-state index contributed by atoms with van der Waals surface area (Å²) in [7, 11) is 1.56. The molecule has 0 aliphatic carbocycles. The number of thiazole rings is 1. The van der Waals surface area contributed by atoms with Gasteiger partial charge in [-0.3, -0.25) is 4.79 Å². The van der Waals surface area contributed by atoms with Gasteiger partial charge in [-0.25, -0.2) is 4.98 Å². The Morgan fingerprint density at radius 3 is 2.96 bits per heavy atom. The number of para-hydroxylation sites is 1. The van der Waals surface area contributed by atoms with E-state index in [1.807, 2.05) is 19.1 Å². The zero-order valence-electron chi connectivity index (χ0n) is 14.5. The molecule has 2 aromatic heterocycles. The van der Waals surface area contributed by atoms with Crippen molar-refractivity contribution >= 4 is 17.2 Å². The van der Waals surface area contributed by atoms with Gasteiger partial charge in [0.2, 0.25) is 5.89 Å². The summed E-state index contributed by atoms with van der Waals surface area (Å²) in [5, 5.41) is 8.36. The van der Waals surface area contributed by atoms with Gasteiger partial charge in [0, 0.05) is 6.54 Å². The second kappa shape index (κ2) is 6.87. The van der Waals surface area contributed by atoms with Crippen LogP contribution in [0.1, 0.15) is 40.8 Å². The minimum absolute atomic E-state index is 0.0846. The molecule has 1 atom stereocenters. The summed E-state index contributed by atoms with van der Waals surface area (Å²) in [6.45, 7) is 2.56. The lowest BCUT2D eigenvalue weighted by atomic mass is 10.1. The van der Waals surface area contributed by atoms with Gasteiger partial charge in [-0.15, -0.1) is 21.5 Å². The molecule has 3 aromatic rings. The monoisotopic (exact) mass is 370 g/mol. The number of benzene rings is 1.